The topological polar surface area (TPSA) is 52.0 Å². The van der Waals surface area contributed by atoms with Crippen molar-refractivity contribution in [2.24, 2.45) is 11.7 Å². The predicted molar refractivity (Wildman–Crippen MR) is 32.4 cm³/mol. The van der Waals surface area contributed by atoms with Crippen LogP contribution >= 0.6 is 24.0 Å². The van der Waals surface area contributed by atoms with E-state index in [9.17, 15) is 13.2 Å². The standard InChI is InChI=1S/C2H2ClF3.ClH.H4N2/c3-2(5,6)1-4;;1-2/h1H2;1H;1-2H2. The number of nitrogens with two attached hydrogens (primary N) is 2. The van der Waals surface area contributed by atoms with Gasteiger partial charge in [-0.2, -0.15) is 8.78 Å². The van der Waals surface area contributed by atoms with Gasteiger partial charge in [-0.05, 0) is 11.6 Å². The number of halogens is 5. The highest BCUT2D eigenvalue weighted by Crippen LogP contribution is 2.17. The molecule has 0 aliphatic rings. The predicted octanol–water partition coefficient (Wildman–Crippen LogP) is 1.03. The van der Waals surface area contributed by atoms with Gasteiger partial charge in [-0.1, -0.05) is 0 Å². The van der Waals surface area contributed by atoms with Crippen LogP contribution in [0.4, 0.5) is 13.2 Å². The third-order valence-electron chi connectivity index (χ3n) is 0.152. The third kappa shape index (κ3) is 30.3. The van der Waals surface area contributed by atoms with E-state index in [4.69, 9.17) is 0 Å². The minimum Gasteiger partial charge on any atom is -0.274 e. The van der Waals surface area contributed by atoms with Crippen molar-refractivity contribution in [3.63, 3.8) is 0 Å². The van der Waals surface area contributed by atoms with E-state index in [2.05, 4.69) is 23.3 Å². The molecule has 4 N–H and O–H groups in total. The fraction of sp³-hybridized carbons (Fsp3) is 1.00. The quantitative estimate of drug-likeness (QED) is 0.366. The second-order valence-electron chi connectivity index (χ2n) is 0.749. The molecule has 0 atom stereocenters. The summed E-state index contributed by atoms with van der Waals surface area (Å²) in [5.74, 6) is 8.00. The number of rotatable bonds is 1. The molecule has 60 valence electrons. The van der Waals surface area contributed by atoms with Gasteiger partial charge in [-0.25, -0.2) is 4.39 Å². The number of hydrogen-bond donors (Lipinski definition) is 2. The lowest BCUT2D eigenvalue weighted by Crippen LogP contribution is -2.06. The van der Waals surface area contributed by atoms with Crippen LogP contribution in [0.15, 0.2) is 0 Å². The van der Waals surface area contributed by atoms with Crippen LogP contribution in [0.25, 0.3) is 0 Å². The maximum absolute atomic E-state index is 10.8. The van der Waals surface area contributed by atoms with Crippen LogP contribution < -0.4 is 11.7 Å². The Hall–Kier alpha value is 0.290. The summed E-state index contributed by atoms with van der Waals surface area (Å²) in [6, 6.07) is 0. The maximum atomic E-state index is 10.8. The number of hydrogen-bond acceptors (Lipinski definition) is 2. The molecule has 0 aromatic carbocycles. The van der Waals surface area contributed by atoms with Gasteiger partial charge in [-0.15, -0.1) is 12.4 Å². The molecule has 0 heterocycles. The maximum Gasteiger partial charge on any atom is 0.349 e. The van der Waals surface area contributed by atoms with Crippen molar-refractivity contribution in [1.29, 1.82) is 0 Å². The van der Waals surface area contributed by atoms with E-state index in [0.717, 1.165) is 0 Å². The van der Waals surface area contributed by atoms with Gasteiger partial charge in [0.15, 0.2) is 6.67 Å². The largest absolute Gasteiger partial charge is 0.349 e. The van der Waals surface area contributed by atoms with Crippen molar-refractivity contribution in [1.82, 2.24) is 0 Å². The van der Waals surface area contributed by atoms with E-state index in [1.165, 1.54) is 0 Å². The molecule has 7 heteroatoms. The van der Waals surface area contributed by atoms with Crippen LogP contribution in [0.1, 0.15) is 0 Å². The van der Waals surface area contributed by atoms with Gasteiger partial charge in [0.2, 0.25) is 0 Å². The normalized spacial score (nSPS) is 8.67. The second-order valence-corrected chi connectivity index (χ2v) is 1.30. The van der Waals surface area contributed by atoms with E-state index in [1.807, 2.05) is 0 Å². The number of hydrazine groups is 1. The Bertz CT molecular complexity index is 47.6. The van der Waals surface area contributed by atoms with Gasteiger partial charge in [0.05, 0.1) is 0 Å². The zero-order valence-corrected chi connectivity index (χ0v) is 5.85. The highest BCUT2D eigenvalue weighted by Gasteiger charge is 2.23. The Morgan fingerprint density at radius 1 is 1.33 bits per heavy atom. The van der Waals surface area contributed by atoms with E-state index in [1.54, 1.807) is 0 Å². The Morgan fingerprint density at radius 3 is 1.44 bits per heavy atom. The summed E-state index contributed by atoms with van der Waals surface area (Å²) in [5.41, 5.74) is 0. The molecular formula is C2H7Cl2F3N2. The minimum absolute atomic E-state index is 0. The zero-order valence-electron chi connectivity index (χ0n) is 4.28. The van der Waals surface area contributed by atoms with Gasteiger partial charge in [0, 0.05) is 0 Å². The van der Waals surface area contributed by atoms with Crippen molar-refractivity contribution >= 4 is 24.0 Å². The van der Waals surface area contributed by atoms with E-state index in [0.29, 0.717) is 0 Å². The van der Waals surface area contributed by atoms with Crippen molar-refractivity contribution in [2.75, 3.05) is 6.67 Å². The van der Waals surface area contributed by atoms with Crippen LogP contribution in [0.2, 0.25) is 0 Å². The van der Waals surface area contributed by atoms with Crippen LogP contribution in [0.3, 0.4) is 0 Å². The minimum atomic E-state index is -3.65. The molecular weight excluding hydrogens is 180 g/mol. The van der Waals surface area contributed by atoms with E-state index in [-0.39, 0.29) is 12.4 Å². The lowest BCUT2D eigenvalue weighted by Gasteiger charge is -1.95. The summed E-state index contributed by atoms with van der Waals surface area (Å²) in [4.78, 5) is 0. The fourth-order valence-electron chi connectivity index (χ4n) is 0. The first-order valence-corrected chi connectivity index (χ1v) is 1.90. The van der Waals surface area contributed by atoms with Crippen molar-refractivity contribution in [3.05, 3.63) is 0 Å². The van der Waals surface area contributed by atoms with Gasteiger partial charge in [0.1, 0.15) is 0 Å². The van der Waals surface area contributed by atoms with Gasteiger partial charge >= 0.3 is 5.38 Å². The highest BCUT2D eigenvalue weighted by molar-refractivity contribution is 6.21. The Labute approximate surface area is 61.7 Å². The lowest BCUT2D eigenvalue weighted by molar-refractivity contribution is 0.0653. The highest BCUT2D eigenvalue weighted by atomic mass is 35.5. The van der Waals surface area contributed by atoms with E-state index < -0.39 is 12.1 Å². The van der Waals surface area contributed by atoms with Gasteiger partial charge in [-0.3, -0.25) is 11.7 Å². The van der Waals surface area contributed by atoms with Crippen LogP contribution in [0.5, 0.6) is 0 Å². The molecule has 0 fully saturated rings. The Morgan fingerprint density at radius 2 is 1.44 bits per heavy atom. The second kappa shape index (κ2) is 8.29. The summed E-state index contributed by atoms with van der Waals surface area (Å²) in [6.07, 6.45) is 0. The monoisotopic (exact) mass is 186 g/mol. The molecule has 0 rings (SSSR count). The SMILES string of the molecule is Cl.FCC(F)(F)Cl.NN. The summed E-state index contributed by atoms with van der Waals surface area (Å²) < 4.78 is 32.3. The third-order valence-corrected chi connectivity index (χ3v) is 0.253. The zero-order chi connectivity index (χ0) is 7.21. The summed E-state index contributed by atoms with van der Waals surface area (Å²) in [5, 5.41) is -3.65. The smallest absolute Gasteiger partial charge is 0.274 e. The first-order chi connectivity index (χ1) is 3.56. The van der Waals surface area contributed by atoms with E-state index >= 15 is 0 Å². The average Bonchev–Trinajstić information content (AvgIpc) is 1.71. The molecule has 9 heavy (non-hydrogen) atoms. The van der Waals surface area contributed by atoms with Crippen molar-refractivity contribution in [3.8, 4) is 0 Å². The molecule has 2 nitrogen and oxygen atoms in total. The number of alkyl halides is 4. The fourth-order valence-corrected chi connectivity index (χ4v) is 0. The Balaban J connectivity index is -0.000000109. The van der Waals surface area contributed by atoms with Crippen molar-refractivity contribution in [2.45, 2.75) is 5.38 Å². The molecule has 0 spiro atoms. The molecule has 0 aliphatic carbocycles. The summed E-state index contributed by atoms with van der Waals surface area (Å²) >= 11 is 4.01. The molecule has 0 amide bonds. The molecule has 0 aliphatic heterocycles. The molecule has 0 bridgehead atoms. The molecule has 0 unspecified atom stereocenters. The molecule has 0 radical (unpaired) electrons. The van der Waals surface area contributed by atoms with Gasteiger partial charge in [0.25, 0.3) is 0 Å². The molecule has 0 aromatic rings. The van der Waals surface area contributed by atoms with Crippen molar-refractivity contribution < 1.29 is 13.2 Å². The van der Waals surface area contributed by atoms with Crippen LogP contribution in [-0.2, 0) is 0 Å². The first-order valence-electron chi connectivity index (χ1n) is 1.52. The van der Waals surface area contributed by atoms with Gasteiger partial charge < -0.3 is 0 Å². The first kappa shape index (κ1) is 16.1. The summed E-state index contributed by atoms with van der Waals surface area (Å²) in [6.45, 7) is -1.80. The molecule has 0 aromatic heterocycles. The van der Waals surface area contributed by atoms with Crippen LogP contribution in [0, 0.1) is 0 Å². The molecule has 0 saturated heterocycles. The lowest BCUT2D eigenvalue weighted by atomic mass is 10.8. The Kier molecular flexibility index (Phi) is 14.9. The average molecular weight is 187 g/mol. The molecule has 0 saturated carbocycles. The van der Waals surface area contributed by atoms with Crippen LogP contribution in [-0.4, -0.2) is 12.1 Å². The summed E-state index contributed by atoms with van der Waals surface area (Å²) in [7, 11) is 0.